The van der Waals surface area contributed by atoms with Crippen molar-refractivity contribution >= 4 is 40.4 Å². The molecule has 6 nitrogen and oxygen atoms in total. The maximum Gasteiger partial charge on any atom is 0.282 e. The smallest absolute Gasteiger partial charge is 0.282 e. The quantitative estimate of drug-likeness (QED) is 0.567. The fourth-order valence-corrected chi connectivity index (χ4v) is 3.50. The fraction of sp³-hybridized carbons (Fsp3) is 0.0833. The van der Waals surface area contributed by atoms with Crippen molar-refractivity contribution in [3.05, 3.63) is 89.1 Å². The van der Waals surface area contributed by atoms with Crippen LogP contribution in [-0.2, 0) is 9.59 Å². The van der Waals surface area contributed by atoms with Crippen LogP contribution < -0.4 is 19.7 Å². The zero-order valence-electron chi connectivity index (χ0n) is 16.9. The van der Waals surface area contributed by atoms with E-state index in [0.29, 0.717) is 33.5 Å². The lowest BCUT2D eigenvalue weighted by atomic mass is 10.0. The molecule has 7 heteroatoms. The number of hydrogen-bond acceptors (Lipinski definition) is 5. The summed E-state index contributed by atoms with van der Waals surface area (Å²) >= 11 is 6.02. The molecule has 0 aliphatic carbocycles. The summed E-state index contributed by atoms with van der Waals surface area (Å²) in [5, 5.41) is 3.64. The van der Waals surface area contributed by atoms with Crippen LogP contribution in [0.15, 0.2) is 78.5 Å². The van der Waals surface area contributed by atoms with Gasteiger partial charge in [-0.25, -0.2) is 4.90 Å². The SMILES string of the molecule is COc1ccc(NC2=C(c3ccc(Cl)cc3)C(=O)N(c3ccccc3)C2=O)c(OC)c1. The number of amides is 2. The average molecular weight is 435 g/mol. The third-order valence-electron chi connectivity index (χ3n) is 4.90. The van der Waals surface area contributed by atoms with E-state index in [9.17, 15) is 9.59 Å². The molecule has 0 saturated carbocycles. The number of ether oxygens (including phenoxy) is 2. The van der Waals surface area contributed by atoms with Crippen LogP contribution in [0.4, 0.5) is 11.4 Å². The molecule has 2 amide bonds. The Labute approximate surface area is 184 Å². The largest absolute Gasteiger partial charge is 0.497 e. The Kier molecular flexibility index (Phi) is 5.64. The third kappa shape index (κ3) is 3.85. The molecule has 3 aromatic rings. The first-order chi connectivity index (χ1) is 15.0. The highest BCUT2D eigenvalue weighted by molar-refractivity contribution is 6.46. The molecular formula is C24H19ClN2O4. The Bertz CT molecular complexity index is 1170. The summed E-state index contributed by atoms with van der Waals surface area (Å²) in [7, 11) is 3.08. The van der Waals surface area contributed by atoms with Gasteiger partial charge in [0.2, 0.25) is 0 Å². The summed E-state index contributed by atoms with van der Waals surface area (Å²) in [6, 6.07) is 20.7. The third-order valence-corrected chi connectivity index (χ3v) is 5.15. The zero-order valence-corrected chi connectivity index (χ0v) is 17.6. The van der Waals surface area contributed by atoms with Crippen LogP contribution in [0, 0.1) is 0 Å². The number of imide groups is 1. The Hall–Kier alpha value is -3.77. The van der Waals surface area contributed by atoms with E-state index < -0.39 is 11.8 Å². The first kappa shape index (κ1) is 20.5. The van der Waals surface area contributed by atoms with Crippen LogP contribution in [0.5, 0.6) is 11.5 Å². The maximum atomic E-state index is 13.4. The molecular weight excluding hydrogens is 416 g/mol. The summed E-state index contributed by atoms with van der Waals surface area (Å²) in [6.45, 7) is 0. The molecule has 1 heterocycles. The van der Waals surface area contributed by atoms with Crippen LogP contribution in [-0.4, -0.2) is 26.0 Å². The molecule has 0 unspecified atom stereocenters. The molecule has 156 valence electrons. The predicted molar refractivity (Wildman–Crippen MR) is 120 cm³/mol. The second-order valence-electron chi connectivity index (χ2n) is 6.73. The van der Waals surface area contributed by atoms with Gasteiger partial charge in [-0.1, -0.05) is 41.9 Å². The lowest BCUT2D eigenvalue weighted by molar-refractivity contribution is -0.120. The second kappa shape index (κ2) is 8.53. The van der Waals surface area contributed by atoms with Gasteiger partial charge in [0.05, 0.1) is 31.2 Å². The van der Waals surface area contributed by atoms with E-state index >= 15 is 0 Å². The Morgan fingerprint density at radius 1 is 0.839 bits per heavy atom. The van der Waals surface area contributed by atoms with Gasteiger partial charge in [0, 0.05) is 11.1 Å². The molecule has 0 fully saturated rings. The van der Waals surface area contributed by atoms with Gasteiger partial charge in [-0.15, -0.1) is 0 Å². The van der Waals surface area contributed by atoms with E-state index in [1.807, 2.05) is 6.07 Å². The summed E-state index contributed by atoms with van der Waals surface area (Å²) in [5.41, 5.74) is 2.00. The molecule has 0 spiro atoms. The van der Waals surface area contributed by atoms with Crippen molar-refractivity contribution in [1.82, 2.24) is 0 Å². The highest BCUT2D eigenvalue weighted by Gasteiger charge is 2.40. The standard InChI is InChI=1S/C24H19ClN2O4/c1-30-18-12-13-19(20(14-18)31-2)26-22-21(15-8-10-16(25)11-9-15)23(28)27(24(22)29)17-6-4-3-5-7-17/h3-14,26H,1-2H3. The molecule has 0 bridgehead atoms. The van der Waals surface area contributed by atoms with Crippen molar-refractivity contribution in [2.75, 3.05) is 24.4 Å². The number of nitrogens with one attached hydrogen (secondary N) is 1. The lowest BCUT2D eigenvalue weighted by Gasteiger charge is -2.16. The van der Waals surface area contributed by atoms with Crippen LogP contribution in [0.2, 0.25) is 5.02 Å². The van der Waals surface area contributed by atoms with Crippen molar-refractivity contribution in [1.29, 1.82) is 0 Å². The summed E-state index contributed by atoms with van der Waals surface area (Å²) in [6.07, 6.45) is 0. The van der Waals surface area contributed by atoms with E-state index in [4.69, 9.17) is 21.1 Å². The van der Waals surface area contributed by atoms with E-state index in [1.54, 1.807) is 73.8 Å². The Morgan fingerprint density at radius 2 is 1.55 bits per heavy atom. The highest BCUT2D eigenvalue weighted by atomic mass is 35.5. The van der Waals surface area contributed by atoms with Crippen molar-refractivity contribution in [2.45, 2.75) is 0 Å². The maximum absolute atomic E-state index is 13.4. The predicted octanol–water partition coefficient (Wildman–Crippen LogP) is 4.75. The minimum absolute atomic E-state index is 0.152. The summed E-state index contributed by atoms with van der Waals surface area (Å²) < 4.78 is 10.7. The van der Waals surface area contributed by atoms with Crippen LogP contribution in [0.25, 0.3) is 5.57 Å². The minimum Gasteiger partial charge on any atom is -0.497 e. The number of hydrogen-bond donors (Lipinski definition) is 1. The number of anilines is 2. The van der Waals surface area contributed by atoms with Gasteiger partial charge in [0.15, 0.2) is 0 Å². The average Bonchev–Trinajstić information content (AvgIpc) is 3.04. The number of halogens is 1. The van der Waals surface area contributed by atoms with Gasteiger partial charge in [-0.3, -0.25) is 9.59 Å². The molecule has 0 aromatic heterocycles. The molecule has 31 heavy (non-hydrogen) atoms. The first-order valence-corrected chi connectivity index (χ1v) is 9.84. The molecule has 1 aliphatic heterocycles. The van der Waals surface area contributed by atoms with Gasteiger partial charge in [-0.05, 0) is 42.0 Å². The molecule has 1 N–H and O–H groups in total. The first-order valence-electron chi connectivity index (χ1n) is 9.46. The second-order valence-corrected chi connectivity index (χ2v) is 7.17. The van der Waals surface area contributed by atoms with Gasteiger partial charge < -0.3 is 14.8 Å². The molecule has 3 aromatic carbocycles. The van der Waals surface area contributed by atoms with Gasteiger partial charge in [0.25, 0.3) is 11.8 Å². The van der Waals surface area contributed by atoms with E-state index in [2.05, 4.69) is 5.32 Å². The van der Waals surface area contributed by atoms with Crippen LogP contribution >= 0.6 is 11.6 Å². The van der Waals surface area contributed by atoms with Gasteiger partial charge in [0.1, 0.15) is 17.2 Å². The molecule has 0 radical (unpaired) electrons. The number of methoxy groups -OCH3 is 2. The minimum atomic E-state index is -0.459. The number of para-hydroxylation sites is 1. The van der Waals surface area contributed by atoms with Crippen molar-refractivity contribution in [3.8, 4) is 11.5 Å². The molecule has 0 saturated heterocycles. The van der Waals surface area contributed by atoms with Crippen molar-refractivity contribution in [2.24, 2.45) is 0 Å². The van der Waals surface area contributed by atoms with E-state index in [1.165, 1.54) is 7.11 Å². The Balaban J connectivity index is 1.83. The van der Waals surface area contributed by atoms with Gasteiger partial charge >= 0.3 is 0 Å². The summed E-state index contributed by atoms with van der Waals surface area (Å²) in [5.74, 6) is 0.197. The fourth-order valence-electron chi connectivity index (χ4n) is 3.38. The number of nitrogens with zero attached hydrogens (tertiary/aromatic N) is 1. The van der Waals surface area contributed by atoms with Crippen LogP contribution in [0.1, 0.15) is 5.56 Å². The molecule has 1 aliphatic rings. The van der Waals surface area contributed by atoms with E-state index in [0.717, 1.165) is 4.90 Å². The van der Waals surface area contributed by atoms with Crippen molar-refractivity contribution < 1.29 is 19.1 Å². The highest BCUT2D eigenvalue weighted by Crippen LogP contribution is 2.37. The van der Waals surface area contributed by atoms with Crippen molar-refractivity contribution in [3.63, 3.8) is 0 Å². The summed E-state index contributed by atoms with van der Waals surface area (Å²) in [4.78, 5) is 27.9. The molecule has 4 rings (SSSR count). The number of carbonyl (C=O) groups excluding carboxylic acids is 2. The monoisotopic (exact) mass is 434 g/mol. The zero-order chi connectivity index (χ0) is 22.0. The molecule has 0 atom stereocenters. The number of carbonyl (C=O) groups is 2. The topological polar surface area (TPSA) is 67.9 Å². The number of benzene rings is 3. The lowest BCUT2D eigenvalue weighted by Crippen LogP contribution is -2.32. The van der Waals surface area contributed by atoms with E-state index in [-0.39, 0.29) is 11.3 Å². The normalized spacial score (nSPS) is 13.6. The Morgan fingerprint density at radius 3 is 2.19 bits per heavy atom. The number of rotatable bonds is 6. The van der Waals surface area contributed by atoms with Crippen LogP contribution in [0.3, 0.4) is 0 Å². The van der Waals surface area contributed by atoms with Gasteiger partial charge in [-0.2, -0.15) is 0 Å².